The van der Waals surface area contributed by atoms with Gasteiger partial charge >= 0.3 is 0 Å². The molecule has 42 heavy (non-hydrogen) atoms. The molecule has 1 heterocycles. The molecular formula is C40H27NS. The van der Waals surface area contributed by atoms with Crippen molar-refractivity contribution >= 4 is 82.2 Å². The molecule has 0 aliphatic rings. The summed E-state index contributed by atoms with van der Waals surface area (Å²) in [7, 11) is 0. The molecular weight excluding hydrogens is 527 g/mol. The Labute approximate surface area is 252 Å². The van der Waals surface area contributed by atoms with Crippen molar-refractivity contribution < 1.29 is 2.74 Å². The fraction of sp³-hybridized carbons (Fsp3) is 0. The van der Waals surface area contributed by atoms with Crippen LogP contribution in [0.1, 0.15) is 13.9 Å². The van der Waals surface area contributed by atoms with Crippen LogP contribution in [0.2, 0.25) is 0 Å². The monoisotopic (exact) mass is 555 g/mol. The lowest BCUT2D eigenvalue weighted by atomic mass is 9.96. The summed E-state index contributed by atoms with van der Waals surface area (Å²) >= 11 is 1.82. The number of hydrogen-bond acceptors (Lipinski definition) is 2. The van der Waals surface area contributed by atoms with Crippen molar-refractivity contribution in [2.24, 2.45) is 0 Å². The van der Waals surface area contributed by atoms with E-state index in [1.165, 1.54) is 20.2 Å². The van der Waals surface area contributed by atoms with E-state index in [1.807, 2.05) is 65.9 Å². The highest BCUT2D eigenvalue weighted by Gasteiger charge is 2.14. The zero-order chi connectivity index (χ0) is 29.6. The fourth-order valence-electron chi connectivity index (χ4n) is 5.87. The Hall–Kier alpha value is -5.18. The van der Waals surface area contributed by atoms with E-state index in [9.17, 15) is 0 Å². The predicted octanol–water partition coefficient (Wildman–Crippen LogP) is 12.0. The molecule has 0 unspecified atom stereocenters. The number of hydrogen-bond donors (Lipinski definition) is 0. The molecule has 0 radical (unpaired) electrons. The van der Waals surface area contributed by atoms with E-state index in [0.717, 1.165) is 44.2 Å². The topological polar surface area (TPSA) is 3.24 Å². The molecule has 2 heteroatoms. The molecule has 8 rings (SSSR count). The van der Waals surface area contributed by atoms with Crippen LogP contribution in [0, 0.1) is 0 Å². The number of benzene rings is 7. The van der Waals surface area contributed by atoms with Crippen molar-refractivity contribution in [3.8, 4) is 0 Å². The van der Waals surface area contributed by atoms with Gasteiger partial charge in [-0.3, -0.25) is 0 Å². The lowest BCUT2D eigenvalue weighted by Crippen LogP contribution is -2.09. The van der Waals surface area contributed by atoms with Crippen molar-refractivity contribution in [3.05, 3.63) is 163 Å². The maximum absolute atomic E-state index is 9.13. The van der Waals surface area contributed by atoms with Crippen LogP contribution < -0.4 is 4.90 Å². The van der Waals surface area contributed by atoms with Gasteiger partial charge in [-0.2, -0.15) is 0 Å². The number of nitrogens with zero attached hydrogens (tertiary/aromatic N) is 1. The number of thiophene rings is 1. The molecule has 0 bridgehead atoms. The second-order valence-corrected chi connectivity index (χ2v) is 11.5. The van der Waals surface area contributed by atoms with E-state index in [-0.39, 0.29) is 12.1 Å². The number of fused-ring (bicyclic) bond motifs is 6. The second kappa shape index (κ2) is 10.3. The number of rotatable bonds is 5. The Morgan fingerprint density at radius 3 is 1.90 bits per heavy atom. The van der Waals surface area contributed by atoms with Gasteiger partial charge in [-0.05, 0) is 87.3 Å². The molecule has 0 atom stereocenters. The van der Waals surface area contributed by atoms with Gasteiger partial charge in [0.25, 0.3) is 0 Å². The highest BCUT2D eigenvalue weighted by Crippen LogP contribution is 2.40. The van der Waals surface area contributed by atoms with Crippen LogP contribution in [0.4, 0.5) is 17.1 Å². The first-order valence-electron chi connectivity index (χ1n) is 15.1. The molecule has 7 aromatic carbocycles. The average Bonchev–Trinajstić information content (AvgIpc) is 3.46. The van der Waals surface area contributed by atoms with E-state index in [0.29, 0.717) is 5.56 Å². The summed E-state index contributed by atoms with van der Waals surface area (Å²) in [5, 5.41) is 6.84. The third-order valence-corrected chi connectivity index (χ3v) is 9.02. The maximum atomic E-state index is 9.13. The summed E-state index contributed by atoms with van der Waals surface area (Å²) in [5.41, 5.74) is 4.61. The van der Waals surface area contributed by atoms with Gasteiger partial charge in [-0.15, -0.1) is 11.3 Å². The molecule has 198 valence electrons. The molecule has 0 amide bonds. The van der Waals surface area contributed by atoms with Crippen LogP contribution in [0.15, 0.2) is 152 Å². The summed E-state index contributed by atoms with van der Waals surface area (Å²) in [6.07, 6.45) is 0. The largest absolute Gasteiger partial charge is 0.310 e. The SMILES string of the molecule is [2H]/C(=C(/[2H])c1cc2ccccc2c2ccccc12)c1ccc(N(c2ccccc2)c2ccc3sc4ccccc4c3c2)cc1. The maximum Gasteiger partial charge on any atom is 0.0629 e. The summed E-state index contributed by atoms with van der Waals surface area (Å²) in [6, 6.07) is 52.5. The summed E-state index contributed by atoms with van der Waals surface area (Å²) in [5.74, 6) is 0. The highest BCUT2D eigenvalue weighted by molar-refractivity contribution is 7.25. The first-order valence-corrected chi connectivity index (χ1v) is 14.9. The third-order valence-electron chi connectivity index (χ3n) is 7.87. The Kier molecular flexibility index (Phi) is 5.54. The zero-order valence-corrected chi connectivity index (χ0v) is 23.6. The minimum Gasteiger partial charge on any atom is -0.310 e. The van der Waals surface area contributed by atoms with Crippen molar-refractivity contribution in [1.82, 2.24) is 0 Å². The number of para-hydroxylation sites is 1. The van der Waals surface area contributed by atoms with Crippen molar-refractivity contribution in [2.45, 2.75) is 0 Å². The van der Waals surface area contributed by atoms with Crippen molar-refractivity contribution in [1.29, 1.82) is 0 Å². The lowest BCUT2D eigenvalue weighted by Gasteiger charge is -2.25. The Bertz CT molecular complexity index is 2350. The van der Waals surface area contributed by atoms with Gasteiger partial charge in [0.05, 0.1) is 2.74 Å². The van der Waals surface area contributed by atoms with Crippen LogP contribution >= 0.6 is 11.3 Å². The zero-order valence-electron chi connectivity index (χ0n) is 24.8. The van der Waals surface area contributed by atoms with Gasteiger partial charge < -0.3 is 4.90 Å². The molecule has 0 saturated carbocycles. The Morgan fingerprint density at radius 2 is 1.07 bits per heavy atom. The van der Waals surface area contributed by atoms with Gasteiger partial charge in [-0.25, -0.2) is 0 Å². The molecule has 0 spiro atoms. The summed E-state index contributed by atoms with van der Waals surface area (Å²) < 4.78 is 20.8. The quantitative estimate of drug-likeness (QED) is 0.151. The van der Waals surface area contributed by atoms with Gasteiger partial charge in [-0.1, -0.05) is 109 Å². The van der Waals surface area contributed by atoms with Crippen LogP contribution in [-0.2, 0) is 0 Å². The van der Waals surface area contributed by atoms with Gasteiger partial charge in [0.1, 0.15) is 0 Å². The molecule has 1 nitrogen and oxygen atoms in total. The Balaban J connectivity index is 1.22. The van der Waals surface area contributed by atoms with E-state index in [2.05, 4.69) is 102 Å². The number of anilines is 3. The van der Waals surface area contributed by atoms with E-state index in [4.69, 9.17) is 2.74 Å². The first-order chi connectivity index (χ1) is 21.7. The average molecular weight is 556 g/mol. The molecule has 0 aliphatic carbocycles. The lowest BCUT2D eigenvalue weighted by molar-refractivity contribution is 1.29. The van der Waals surface area contributed by atoms with Crippen molar-refractivity contribution in [2.75, 3.05) is 4.90 Å². The fourth-order valence-corrected chi connectivity index (χ4v) is 6.95. The van der Waals surface area contributed by atoms with Crippen LogP contribution in [0.25, 0.3) is 53.8 Å². The van der Waals surface area contributed by atoms with Crippen LogP contribution in [0.5, 0.6) is 0 Å². The van der Waals surface area contributed by atoms with E-state index >= 15 is 0 Å². The van der Waals surface area contributed by atoms with Crippen LogP contribution in [-0.4, -0.2) is 0 Å². The molecule has 8 aromatic rings. The predicted molar refractivity (Wildman–Crippen MR) is 184 cm³/mol. The summed E-state index contributed by atoms with van der Waals surface area (Å²) in [6.45, 7) is 0. The van der Waals surface area contributed by atoms with Gasteiger partial charge in [0, 0.05) is 37.2 Å². The molecule has 0 aliphatic heterocycles. The second-order valence-electron chi connectivity index (χ2n) is 10.4. The molecule has 0 N–H and O–H groups in total. The minimum atomic E-state index is 0.203. The third kappa shape index (κ3) is 4.34. The standard InChI is InChI=1S/C40H27NS/c1-2-11-31(12-3-1)41(33-24-25-40-38(27-33)37-16-8-9-17-39(37)42-40)32-22-19-28(20-23-32)18-21-30-26-29-10-4-5-13-34(29)36-15-7-6-14-35(30)36/h1-27H/b21-18+/i18D,21D. The van der Waals surface area contributed by atoms with Crippen molar-refractivity contribution in [3.63, 3.8) is 0 Å². The molecule has 0 fully saturated rings. The highest BCUT2D eigenvalue weighted by atomic mass is 32.1. The van der Waals surface area contributed by atoms with E-state index in [1.54, 1.807) is 0 Å². The molecule has 0 saturated heterocycles. The van der Waals surface area contributed by atoms with Crippen LogP contribution in [0.3, 0.4) is 0 Å². The van der Waals surface area contributed by atoms with Gasteiger partial charge in [0.2, 0.25) is 0 Å². The summed E-state index contributed by atoms with van der Waals surface area (Å²) in [4.78, 5) is 2.25. The molecule has 1 aromatic heterocycles. The smallest absolute Gasteiger partial charge is 0.0629 e. The first kappa shape index (κ1) is 22.5. The Morgan fingerprint density at radius 1 is 0.452 bits per heavy atom. The van der Waals surface area contributed by atoms with Gasteiger partial charge in [0.15, 0.2) is 0 Å². The normalized spacial score (nSPS) is 12.9. The minimum absolute atomic E-state index is 0.203. The van der Waals surface area contributed by atoms with E-state index < -0.39 is 0 Å².